The number of rotatable bonds is 6. The van der Waals surface area contributed by atoms with Gasteiger partial charge in [-0.3, -0.25) is 9.59 Å². The molecule has 4 aliphatic carbocycles. The summed E-state index contributed by atoms with van der Waals surface area (Å²) < 4.78 is 60.7. The first-order valence-electron chi connectivity index (χ1n) is 14.6. The summed E-state index contributed by atoms with van der Waals surface area (Å²) in [6.07, 6.45) is -5.86. The number of Topliss-reactive ketones (excluding diaryl/α,β-unsaturated/α-hetero) is 2. The first-order valence-corrected chi connectivity index (χ1v) is 11.6. The molecule has 0 radical (unpaired) electrons. The van der Waals surface area contributed by atoms with Crippen LogP contribution in [0, 0.1) is 34.5 Å². The van der Waals surface area contributed by atoms with Crippen molar-refractivity contribution in [3.8, 4) is 0 Å². The van der Waals surface area contributed by atoms with E-state index in [9.17, 15) is 19.8 Å². The Morgan fingerprint density at radius 3 is 2.74 bits per heavy atom. The molecule has 4 fully saturated rings. The highest BCUT2D eigenvalue weighted by atomic mass is 16.7. The highest BCUT2D eigenvalue weighted by molar-refractivity contribution is 5.89. The second kappa shape index (κ2) is 8.19. The maximum atomic E-state index is 13.5. The normalized spacial score (nSPS) is 54.5. The van der Waals surface area contributed by atoms with Crippen molar-refractivity contribution in [3.05, 3.63) is 0 Å². The summed E-state index contributed by atoms with van der Waals surface area (Å²) in [7, 11) is 0. The molecule has 4 rings (SSSR count). The van der Waals surface area contributed by atoms with Crippen molar-refractivity contribution in [1.82, 2.24) is 0 Å². The maximum Gasteiger partial charge on any atom is 0.190 e. The summed E-state index contributed by atoms with van der Waals surface area (Å²) in [4.78, 5) is 26.2. The molecule has 1 unspecified atom stereocenters. The highest BCUT2D eigenvalue weighted by Crippen LogP contribution is 2.68. The van der Waals surface area contributed by atoms with Crippen LogP contribution in [-0.4, -0.2) is 52.9 Å². The number of ketones is 2. The highest BCUT2D eigenvalue weighted by Gasteiger charge is 2.68. The lowest BCUT2D eigenvalue weighted by Gasteiger charge is -2.62. The molecule has 4 saturated carbocycles. The van der Waals surface area contributed by atoms with Crippen LogP contribution < -0.4 is 0 Å². The Morgan fingerprint density at radius 1 is 1.29 bits per heavy atom. The van der Waals surface area contributed by atoms with E-state index in [1.807, 2.05) is 0 Å². The Morgan fingerprint density at radius 2 is 2.03 bits per heavy atom. The molecule has 4 aliphatic rings. The first kappa shape index (κ1) is 16.7. The lowest BCUT2D eigenvalue weighted by molar-refractivity contribution is -0.203. The smallest absolute Gasteiger partial charge is 0.190 e. The molecule has 0 aromatic heterocycles. The molecule has 0 aliphatic heterocycles. The average molecular weight is 443 g/mol. The van der Waals surface area contributed by atoms with Gasteiger partial charge >= 0.3 is 0 Å². The van der Waals surface area contributed by atoms with Crippen molar-refractivity contribution >= 4 is 11.6 Å². The summed E-state index contributed by atoms with van der Waals surface area (Å²) in [5, 5.41) is 23.4. The van der Waals surface area contributed by atoms with Crippen molar-refractivity contribution in [2.24, 2.45) is 34.5 Å². The first-order chi connectivity index (χ1) is 16.8. The van der Waals surface area contributed by atoms with Crippen LogP contribution in [0.1, 0.15) is 87.2 Å². The van der Waals surface area contributed by atoms with Crippen LogP contribution in [-0.2, 0) is 19.1 Å². The lowest BCUT2D eigenvalue weighted by atomic mass is 9.43. The van der Waals surface area contributed by atoms with Crippen LogP contribution in [0.15, 0.2) is 0 Å². The number of hydrogen-bond acceptors (Lipinski definition) is 6. The molecule has 6 heteroatoms. The van der Waals surface area contributed by atoms with Crippen LogP contribution in [0.5, 0.6) is 0 Å². The van der Waals surface area contributed by atoms with Crippen molar-refractivity contribution in [2.45, 2.75) is 97.0 Å². The number of ether oxygens (including phenoxy) is 2. The minimum Gasteiger partial charge on any atom is -0.393 e. The fraction of sp³-hybridized carbons (Fsp3) is 0.920. The van der Waals surface area contributed by atoms with Gasteiger partial charge in [0.1, 0.15) is 17.9 Å². The number of aliphatic hydroxyl groups is 2. The molecule has 9 atom stereocenters. The van der Waals surface area contributed by atoms with Gasteiger partial charge in [0.25, 0.3) is 0 Å². The van der Waals surface area contributed by atoms with E-state index in [1.165, 1.54) is 6.92 Å². The fourth-order valence-electron chi connectivity index (χ4n) is 7.43. The lowest BCUT2D eigenvalue weighted by Crippen LogP contribution is -2.63. The Balaban J connectivity index is 1.68. The van der Waals surface area contributed by atoms with Crippen molar-refractivity contribution < 1.29 is 37.5 Å². The predicted molar refractivity (Wildman–Crippen MR) is 115 cm³/mol. The van der Waals surface area contributed by atoms with E-state index in [-0.39, 0.29) is 37.7 Å². The van der Waals surface area contributed by atoms with Gasteiger partial charge in [-0.1, -0.05) is 13.8 Å². The summed E-state index contributed by atoms with van der Waals surface area (Å²) >= 11 is 0. The van der Waals surface area contributed by atoms with Crippen molar-refractivity contribution in [3.63, 3.8) is 0 Å². The Labute approximate surface area is 194 Å². The molecule has 0 aromatic rings. The maximum absolute atomic E-state index is 13.5. The fourth-order valence-corrected chi connectivity index (χ4v) is 7.43. The van der Waals surface area contributed by atoms with Crippen molar-refractivity contribution in [2.75, 3.05) is 13.2 Å². The molecular weight excluding hydrogens is 396 g/mol. The Hall–Kier alpha value is -0.820. The predicted octanol–water partition coefficient (Wildman–Crippen LogP) is 3.27. The van der Waals surface area contributed by atoms with E-state index in [2.05, 4.69) is 0 Å². The zero-order valence-electron chi connectivity index (χ0n) is 24.9. The molecule has 2 N–H and O–H groups in total. The molecule has 6 nitrogen and oxygen atoms in total. The zero-order valence-corrected chi connectivity index (χ0v) is 18.9. The largest absolute Gasteiger partial charge is 0.393 e. The average Bonchev–Trinajstić information content (AvgIpc) is 3.02. The van der Waals surface area contributed by atoms with E-state index in [4.69, 9.17) is 17.7 Å². The van der Waals surface area contributed by atoms with Gasteiger partial charge in [-0.2, -0.15) is 0 Å². The molecule has 176 valence electrons. The van der Waals surface area contributed by atoms with Crippen LogP contribution in [0.4, 0.5) is 0 Å². The van der Waals surface area contributed by atoms with Gasteiger partial charge in [0.05, 0.1) is 8.85 Å². The summed E-state index contributed by atoms with van der Waals surface area (Å²) in [5.74, 6) is -3.93. The van der Waals surface area contributed by atoms with Gasteiger partial charge in [-0.25, -0.2) is 0 Å². The number of carbonyl (C=O) groups is 2. The van der Waals surface area contributed by atoms with E-state index in [0.29, 0.717) is 19.3 Å². The molecule has 0 amide bonds. The third-order valence-electron chi connectivity index (χ3n) is 8.98. The number of fused-ring (bicyclic) bond motifs is 5. The Kier molecular flexibility index (Phi) is 4.42. The van der Waals surface area contributed by atoms with E-state index >= 15 is 0 Å². The summed E-state index contributed by atoms with van der Waals surface area (Å²) in [6, 6.07) is 0. The standard InChI is InChI=1S/C25H40O6/c1-5-30-15(2)31-14-21(28)25(29)11-9-19-18-7-6-16-12-17(26)8-10-23(16,3)22(18)20(27)13-24(19,25)4/h15-16,18-20,22,27,29H,5-14H2,1-4H3/t15?,16-,18+,19+,20+,22-,23+,24+,25+/m1/s1/i8D2,12D2,14D2. The van der Waals surface area contributed by atoms with Crippen molar-refractivity contribution in [1.29, 1.82) is 0 Å². The van der Waals surface area contributed by atoms with E-state index in [1.54, 1.807) is 20.8 Å². The summed E-state index contributed by atoms with van der Waals surface area (Å²) in [6.45, 7) is 4.10. The van der Waals surface area contributed by atoms with Gasteiger partial charge < -0.3 is 19.7 Å². The molecular formula is C25H40O6. The van der Waals surface area contributed by atoms with Gasteiger partial charge in [0.2, 0.25) is 0 Å². The SMILES string of the molecule is [2H]C1([2H])C[C@]2(C)[C@@H]3[C@@H](CC[C@@H]2C([2H])([2H])C1=O)[C@@H]1CC[C@](O)(C(=O)C([2H])([2H])OC(C)OCC)[C@@]1(C)C[C@@H]3O. The zero-order chi connectivity index (χ0) is 28.0. The Bertz CT molecular complexity index is 960. The number of aliphatic hydroxyl groups excluding tert-OH is 1. The van der Waals surface area contributed by atoms with Crippen LogP contribution >= 0.6 is 0 Å². The molecule has 31 heavy (non-hydrogen) atoms. The molecule has 0 heterocycles. The minimum absolute atomic E-state index is 0.00485. The third-order valence-corrected chi connectivity index (χ3v) is 8.98. The topological polar surface area (TPSA) is 93.1 Å². The molecule has 0 aromatic carbocycles. The van der Waals surface area contributed by atoms with Gasteiger partial charge in [-0.15, -0.1) is 0 Å². The minimum atomic E-state index is -2.82. The van der Waals surface area contributed by atoms with Gasteiger partial charge in [0.15, 0.2) is 12.1 Å². The third kappa shape index (κ3) is 3.53. The van der Waals surface area contributed by atoms with E-state index < -0.39 is 71.5 Å². The number of carbonyl (C=O) groups excluding carboxylic acids is 2. The van der Waals surface area contributed by atoms with Crippen LogP contribution in [0.3, 0.4) is 0 Å². The monoisotopic (exact) mass is 442 g/mol. The molecule has 0 spiro atoms. The van der Waals surface area contributed by atoms with Crippen LogP contribution in [0.2, 0.25) is 0 Å². The molecule has 0 saturated heterocycles. The van der Waals surface area contributed by atoms with Crippen LogP contribution in [0.25, 0.3) is 0 Å². The number of hydrogen-bond donors (Lipinski definition) is 2. The van der Waals surface area contributed by atoms with Gasteiger partial charge in [0, 0.05) is 30.3 Å². The second-order valence-electron chi connectivity index (χ2n) is 10.4. The summed E-state index contributed by atoms with van der Waals surface area (Å²) in [5.41, 5.74) is -4.26. The van der Waals surface area contributed by atoms with E-state index in [0.717, 1.165) is 0 Å². The molecule has 0 bridgehead atoms. The second-order valence-corrected chi connectivity index (χ2v) is 10.4. The van der Waals surface area contributed by atoms with Gasteiger partial charge in [-0.05, 0) is 81.5 Å². The quantitative estimate of drug-likeness (QED) is 0.613.